The number of benzene rings is 2. The van der Waals surface area contributed by atoms with Crippen LogP contribution in [0.2, 0.25) is 0 Å². The normalized spacial score (nSPS) is 18.0. The van der Waals surface area contributed by atoms with Crippen LogP contribution >= 0.6 is 0 Å². The molecular formula is C37H48FN5O5. The van der Waals surface area contributed by atoms with Crippen LogP contribution < -0.4 is 16.4 Å². The Labute approximate surface area is 281 Å². The molecule has 10 nitrogen and oxygen atoms in total. The van der Waals surface area contributed by atoms with Crippen LogP contribution in [-0.4, -0.2) is 69.4 Å². The topological polar surface area (TPSA) is 158 Å². The number of aliphatic carboxylic acids is 1. The van der Waals surface area contributed by atoms with Crippen LogP contribution in [0, 0.1) is 17.8 Å². The summed E-state index contributed by atoms with van der Waals surface area (Å²) in [6, 6.07) is 12.7. The van der Waals surface area contributed by atoms with Gasteiger partial charge in [-0.2, -0.15) is 0 Å². The number of carbonyl (C=O) groups excluding carboxylic acids is 3. The number of aromatic nitrogens is 1. The first-order valence-electron chi connectivity index (χ1n) is 16.7. The number of para-hydroxylation sites is 1. The van der Waals surface area contributed by atoms with Crippen LogP contribution in [0.5, 0.6) is 0 Å². The molecule has 3 amide bonds. The fourth-order valence-electron chi connectivity index (χ4n) is 6.16. The fraction of sp³-hybridized carbons (Fsp3) is 0.459. The minimum absolute atomic E-state index is 0.0547. The number of nitrogens with one attached hydrogen (secondary N) is 3. The van der Waals surface area contributed by atoms with Crippen LogP contribution in [0.1, 0.15) is 58.1 Å². The first-order valence-corrected chi connectivity index (χ1v) is 16.7. The number of amides is 3. The van der Waals surface area contributed by atoms with Gasteiger partial charge in [0.2, 0.25) is 17.7 Å². The SMILES string of the molecule is CC(C)[C@H](N)C(=O)N[C@H](/C(F)=C/[C@@H](Cc1ccccc1)C(=O)N1CCCC[C@H]1C(=O)N[C@@H](Cc1c[nH]c2ccccc12)C(=O)O)C(C)C. The molecular weight excluding hydrogens is 613 g/mol. The lowest BCUT2D eigenvalue weighted by molar-refractivity contribution is -0.147. The average molecular weight is 662 g/mol. The van der Waals surface area contributed by atoms with Crippen molar-refractivity contribution in [2.24, 2.45) is 23.5 Å². The Morgan fingerprint density at radius 2 is 1.67 bits per heavy atom. The number of fused-ring (bicyclic) bond motifs is 1. The average Bonchev–Trinajstić information content (AvgIpc) is 3.48. The van der Waals surface area contributed by atoms with Gasteiger partial charge in [0.1, 0.15) is 17.9 Å². The lowest BCUT2D eigenvalue weighted by Crippen LogP contribution is -2.56. The van der Waals surface area contributed by atoms with Crippen LogP contribution in [0.15, 0.2) is 72.7 Å². The molecule has 2 heterocycles. The number of aromatic amines is 1. The molecule has 1 saturated heterocycles. The molecule has 0 aliphatic carbocycles. The van der Waals surface area contributed by atoms with E-state index in [2.05, 4.69) is 15.6 Å². The highest BCUT2D eigenvalue weighted by atomic mass is 19.1. The van der Waals surface area contributed by atoms with E-state index in [0.29, 0.717) is 19.3 Å². The molecule has 11 heteroatoms. The Kier molecular flexibility index (Phi) is 12.5. The molecule has 5 atom stereocenters. The molecule has 4 rings (SSSR count). The van der Waals surface area contributed by atoms with E-state index in [1.807, 2.05) is 68.4 Å². The number of carboxylic acid groups (broad SMARTS) is 1. The van der Waals surface area contributed by atoms with E-state index in [1.54, 1.807) is 20.0 Å². The third kappa shape index (κ3) is 9.09. The summed E-state index contributed by atoms with van der Waals surface area (Å²) in [6.45, 7) is 7.43. The molecule has 6 N–H and O–H groups in total. The second-order valence-electron chi connectivity index (χ2n) is 13.4. The van der Waals surface area contributed by atoms with E-state index in [1.165, 1.54) is 11.0 Å². The van der Waals surface area contributed by atoms with Gasteiger partial charge < -0.3 is 31.4 Å². The first-order chi connectivity index (χ1) is 22.9. The molecule has 3 aromatic rings. The summed E-state index contributed by atoms with van der Waals surface area (Å²) in [7, 11) is 0. The number of nitrogens with zero attached hydrogens (tertiary/aromatic N) is 1. The summed E-state index contributed by atoms with van der Waals surface area (Å²) >= 11 is 0. The van der Waals surface area contributed by atoms with Gasteiger partial charge in [0.05, 0.1) is 18.0 Å². The number of likely N-dealkylation sites (tertiary alicyclic amines) is 1. The van der Waals surface area contributed by atoms with Gasteiger partial charge in [-0.1, -0.05) is 76.2 Å². The van der Waals surface area contributed by atoms with E-state index in [-0.39, 0.29) is 31.2 Å². The van der Waals surface area contributed by atoms with Crippen molar-refractivity contribution in [3.05, 3.63) is 83.8 Å². The summed E-state index contributed by atoms with van der Waals surface area (Å²) < 4.78 is 16.1. The third-order valence-corrected chi connectivity index (χ3v) is 9.06. The van der Waals surface area contributed by atoms with E-state index >= 15 is 4.39 Å². The van der Waals surface area contributed by atoms with Gasteiger partial charge in [0.15, 0.2) is 0 Å². The molecule has 1 aliphatic heterocycles. The highest BCUT2D eigenvalue weighted by Crippen LogP contribution is 2.26. The lowest BCUT2D eigenvalue weighted by atomic mass is 9.91. The van der Waals surface area contributed by atoms with E-state index in [9.17, 15) is 24.3 Å². The zero-order valence-electron chi connectivity index (χ0n) is 28.1. The number of hydrogen-bond acceptors (Lipinski definition) is 5. The number of halogens is 1. The minimum atomic E-state index is -1.22. The van der Waals surface area contributed by atoms with E-state index in [4.69, 9.17) is 5.73 Å². The Balaban J connectivity index is 1.59. The van der Waals surface area contributed by atoms with Crippen LogP contribution in [0.25, 0.3) is 10.9 Å². The van der Waals surface area contributed by atoms with Gasteiger partial charge in [0.25, 0.3) is 0 Å². The van der Waals surface area contributed by atoms with Crippen LogP contribution in [-0.2, 0) is 32.0 Å². The van der Waals surface area contributed by atoms with Gasteiger partial charge in [-0.05, 0) is 60.8 Å². The van der Waals surface area contributed by atoms with Crippen LogP contribution in [0.4, 0.5) is 4.39 Å². The van der Waals surface area contributed by atoms with Crippen LogP contribution in [0.3, 0.4) is 0 Å². The Hall–Kier alpha value is -4.51. The van der Waals surface area contributed by atoms with E-state index in [0.717, 1.165) is 22.0 Å². The number of rotatable bonds is 14. The monoisotopic (exact) mass is 661 g/mol. The maximum atomic E-state index is 16.1. The number of nitrogens with two attached hydrogens (primary N) is 1. The fourth-order valence-corrected chi connectivity index (χ4v) is 6.16. The van der Waals surface area contributed by atoms with Crippen molar-refractivity contribution in [3.63, 3.8) is 0 Å². The molecule has 0 saturated carbocycles. The second kappa shape index (κ2) is 16.5. The predicted molar refractivity (Wildman–Crippen MR) is 183 cm³/mol. The minimum Gasteiger partial charge on any atom is -0.480 e. The number of carboxylic acids is 1. The first kappa shape index (κ1) is 36.3. The van der Waals surface area contributed by atoms with Gasteiger partial charge in [-0.15, -0.1) is 0 Å². The largest absolute Gasteiger partial charge is 0.480 e. The lowest BCUT2D eigenvalue weighted by Gasteiger charge is -2.37. The molecule has 0 bridgehead atoms. The molecule has 0 spiro atoms. The number of piperidine rings is 1. The van der Waals surface area contributed by atoms with Crippen molar-refractivity contribution in [2.75, 3.05) is 6.54 Å². The summed E-state index contributed by atoms with van der Waals surface area (Å²) in [5.41, 5.74) is 8.44. The molecule has 2 aromatic carbocycles. The van der Waals surface area contributed by atoms with Gasteiger partial charge >= 0.3 is 5.97 Å². The van der Waals surface area contributed by atoms with Crippen molar-refractivity contribution in [2.45, 2.75) is 84.0 Å². The highest BCUT2D eigenvalue weighted by molar-refractivity contribution is 5.92. The Morgan fingerprint density at radius 1 is 0.979 bits per heavy atom. The van der Waals surface area contributed by atoms with E-state index < -0.39 is 59.6 Å². The molecule has 1 aromatic heterocycles. The molecule has 48 heavy (non-hydrogen) atoms. The third-order valence-electron chi connectivity index (χ3n) is 9.06. The molecule has 0 radical (unpaired) electrons. The van der Waals surface area contributed by atoms with Crippen molar-refractivity contribution in [3.8, 4) is 0 Å². The molecule has 1 fully saturated rings. The quantitative estimate of drug-likeness (QED) is 0.171. The van der Waals surface area contributed by atoms with Crippen molar-refractivity contribution >= 4 is 34.6 Å². The molecule has 1 aliphatic rings. The smallest absolute Gasteiger partial charge is 0.326 e. The maximum absolute atomic E-state index is 16.1. The summed E-state index contributed by atoms with van der Waals surface area (Å²) in [6.07, 6.45) is 4.88. The van der Waals surface area contributed by atoms with Crippen molar-refractivity contribution in [1.82, 2.24) is 20.5 Å². The van der Waals surface area contributed by atoms with Gasteiger partial charge in [-0.3, -0.25) is 14.4 Å². The highest BCUT2D eigenvalue weighted by Gasteiger charge is 2.37. The molecule has 0 unspecified atom stereocenters. The summed E-state index contributed by atoms with van der Waals surface area (Å²) in [4.78, 5) is 57.7. The maximum Gasteiger partial charge on any atom is 0.326 e. The zero-order valence-corrected chi connectivity index (χ0v) is 28.1. The second-order valence-corrected chi connectivity index (χ2v) is 13.4. The number of carbonyl (C=O) groups is 4. The number of H-pyrrole nitrogens is 1. The zero-order chi connectivity index (χ0) is 35.0. The standard InChI is InChI=1S/C37H48FN5O5/c1-22(2)32(39)35(45)42-33(23(3)4)28(38)19-25(18-24-12-6-5-7-13-24)36(46)43-17-11-10-16-31(43)34(44)41-30(37(47)48)20-26-21-40-29-15-9-8-14-27(26)29/h5-9,12-15,19,21-23,25,30-33,40H,10-11,16-18,20,39H2,1-4H3,(H,41,44)(H,42,45)(H,47,48)/b28-19-/t25-,30+,31+,32+,33+/m1/s1. The predicted octanol–water partition coefficient (Wildman–Crippen LogP) is 4.50. The summed E-state index contributed by atoms with van der Waals surface area (Å²) in [5, 5.41) is 16.3. The summed E-state index contributed by atoms with van der Waals surface area (Å²) in [5.74, 6) is -4.80. The van der Waals surface area contributed by atoms with Crippen molar-refractivity contribution < 1.29 is 28.7 Å². The molecule has 258 valence electrons. The number of hydrogen-bond donors (Lipinski definition) is 5. The van der Waals surface area contributed by atoms with Gasteiger partial charge in [0, 0.05) is 30.1 Å². The Bertz CT molecular complexity index is 1600. The van der Waals surface area contributed by atoms with Gasteiger partial charge in [-0.25, -0.2) is 9.18 Å². The Morgan fingerprint density at radius 3 is 2.33 bits per heavy atom. The van der Waals surface area contributed by atoms with Crippen molar-refractivity contribution in [1.29, 1.82) is 0 Å².